The van der Waals surface area contributed by atoms with Gasteiger partial charge in [-0.15, -0.1) is 0 Å². The normalized spacial score (nSPS) is 15.7. The van der Waals surface area contributed by atoms with Gasteiger partial charge in [0.15, 0.2) is 5.82 Å². The predicted molar refractivity (Wildman–Crippen MR) is 101 cm³/mol. The molecule has 0 radical (unpaired) electrons. The number of benzene rings is 1. The SMILES string of the molecule is CC(C)(C)OC(=O)N1CCC(COc2nc(-c3ccccc3)ns2)CC1. The number of hydrogen-bond acceptors (Lipinski definition) is 6. The van der Waals surface area contributed by atoms with Crippen LogP contribution in [0.4, 0.5) is 4.79 Å². The van der Waals surface area contributed by atoms with E-state index in [1.807, 2.05) is 51.1 Å². The van der Waals surface area contributed by atoms with Gasteiger partial charge in [-0.3, -0.25) is 0 Å². The van der Waals surface area contributed by atoms with Crippen LogP contribution in [0, 0.1) is 5.92 Å². The molecular formula is C19H25N3O3S. The number of piperidine rings is 1. The van der Waals surface area contributed by atoms with Gasteiger partial charge in [-0.25, -0.2) is 4.79 Å². The number of aromatic nitrogens is 2. The van der Waals surface area contributed by atoms with Gasteiger partial charge in [-0.2, -0.15) is 9.36 Å². The summed E-state index contributed by atoms with van der Waals surface area (Å²) in [5.41, 5.74) is 0.537. The Bertz CT molecular complexity index is 719. The van der Waals surface area contributed by atoms with E-state index in [4.69, 9.17) is 9.47 Å². The van der Waals surface area contributed by atoms with E-state index in [9.17, 15) is 4.79 Å². The van der Waals surface area contributed by atoms with E-state index in [2.05, 4.69) is 9.36 Å². The number of carbonyl (C=O) groups is 1. The van der Waals surface area contributed by atoms with Crippen molar-refractivity contribution >= 4 is 17.6 Å². The number of likely N-dealkylation sites (tertiary alicyclic amines) is 1. The zero-order valence-corrected chi connectivity index (χ0v) is 16.3. The molecule has 0 aliphatic carbocycles. The highest BCUT2D eigenvalue weighted by Gasteiger charge is 2.27. The van der Waals surface area contributed by atoms with Crippen LogP contribution in [0.1, 0.15) is 33.6 Å². The molecular weight excluding hydrogens is 350 g/mol. The molecule has 1 aromatic carbocycles. The zero-order chi connectivity index (χ0) is 18.6. The predicted octanol–water partition coefficient (Wildman–Crippen LogP) is 4.23. The maximum absolute atomic E-state index is 12.1. The van der Waals surface area contributed by atoms with Gasteiger partial charge in [-0.1, -0.05) is 30.3 Å². The minimum atomic E-state index is -0.453. The zero-order valence-electron chi connectivity index (χ0n) is 15.5. The lowest BCUT2D eigenvalue weighted by Gasteiger charge is -2.33. The summed E-state index contributed by atoms with van der Waals surface area (Å²) in [4.78, 5) is 18.3. The van der Waals surface area contributed by atoms with Crippen molar-refractivity contribution in [3.8, 4) is 16.6 Å². The van der Waals surface area contributed by atoms with Crippen LogP contribution < -0.4 is 4.74 Å². The van der Waals surface area contributed by atoms with E-state index in [-0.39, 0.29) is 6.09 Å². The topological polar surface area (TPSA) is 64.5 Å². The minimum Gasteiger partial charge on any atom is -0.469 e. The Balaban J connectivity index is 1.44. The quantitative estimate of drug-likeness (QED) is 0.800. The summed E-state index contributed by atoms with van der Waals surface area (Å²) in [6.07, 6.45) is 1.58. The van der Waals surface area contributed by atoms with Gasteiger partial charge in [0.2, 0.25) is 0 Å². The second-order valence-electron chi connectivity index (χ2n) is 7.47. The van der Waals surface area contributed by atoms with Gasteiger partial charge in [0.25, 0.3) is 5.19 Å². The van der Waals surface area contributed by atoms with E-state index < -0.39 is 5.60 Å². The molecule has 3 rings (SSSR count). The first-order valence-corrected chi connectivity index (χ1v) is 9.68. The minimum absolute atomic E-state index is 0.228. The highest BCUT2D eigenvalue weighted by atomic mass is 32.1. The summed E-state index contributed by atoms with van der Waals surface area (Å²) < 4.78 is 15.6. The second kappa shape index (κ2) is 8.03. The number of rotatable bonds is 4. The number of hydrogen-bond donors (Lipinski definition) is 0. The summed E-state index contributed by atoms with van der Waals surface area (Å²) in [5.74, 6) is 1.11. The molecule has 0 N–H and O–H groups in total. The average molecular weight is 375 g/mol. The largest absolute Gasteiger partial charge is 0.469 e. The van der Waals surface area contributed by atoms with Gasteiger partial charge < -0.3 is 14.4 Å². The Morgan fingerprint density at radius 1 is 1.23 bits per heavy atom. The molecule has 2 heterocycles. The Kier molecular flexibility index (Phi) is 5.76. The van der Waals surface area contributed by atoms with Crippen molar-refractivity contribution < 1.29 is 14.3 Å². The van der Waals surface area contributed by atoms with Crippen molar-refractivity contribution in [1.82, 2.24) is 14.3 Å². The standard InChI is InChI=1S/C19H25N3O3S/c1-19(2,3)25-18(23)22-11-9-14(10-12-22)13-24-17-20-16(21-26-17)15-7-5-4-6-8-15/h4-8,14H,9-13H2,1-3H3. The molecule has 1 aliphatic rings. The van der Waals surface area contributed by atoms with Crippen LogP contribution in [0.3, 0.4) is 0 Å². The fourth-order valence-electron chi connectivity index (χ4n) is 2.77. The van der Waals surface area contributed by atoms with Crippen LogP contribution in [0.15, 0.2) is 30.3 Å². The molecule has 6 nitrogen and oxygen atoms in total. The van der Waals surface area contributed by atoms with Crippen molar-refractivity contribution in [3.05, 3.63) is 30.3 Å². The first-order valence-electron chi connectivity index (χ1n) is 8.90. The van der Waals surface area contributed by atoms with Crippen LogP contribution >= 0.6 is 11.5 Å². The molecule has 0 atom stereocenters. The number of ether oxygens (including phenoxy) is 2. The van der Waals surface area contributed by atoms with E-state index in [0.29, 0.717) is 36.6 Å². The molecule has 0 bridgehead atoms. The molecule has 0 spiro atoms. The average Bonchev–Trinajstić information content (AvgIpc) is 3.09. The van der Waals surface area contributed by atoms with E-state index in [0.717, 1.165) is 18.4 Å². The second-order valence-corrected chi connectivity index (χ2v) is 8.19. The lowest BCUT2D eigenvalue weighted by molar-refractivity contribution is 0.0165. The Morgan fingerprint density at radius 3 is 2.58 bits per heavy atom. The number of amides is 1. The van der Waals surface area contributed by atoms with Gasteiger partial charge >= 0.3 is 6.09 Å². The monoisotopic (exact) mass is 375 g/mol. The van der Waals surface area contributed by atoms with Crippen molar-refractivity contribution in [3.63, 3.8) is 0 Å². The van der Waals surface area contributed by atoms with Crippen LogP contribution in [-0.2, 0) is 4.74 Å². The smallest absolute Gasteiger partial charge is 0.410 e. The van der Waals surface area contributed by atoms with Crippen LogP contribution in [0.25, 0.3) is 11.4 Å². The Hall–Kier alpha value is -2.15. The molecule has 26 heavy (non-hydrogen) atoms. The molecule has 1 aliphatic heterocycles. The van der Waals surface area contributed by atoms with Gasteiger partial charge in [0, 0.05) is 30.2 Å². The van der Waals surface area contributed by atoms with Crippen molar-refractivity contribution in [2.24, 2.45) is 5.92 Å². The summed E-state index contributed by atoms with van der Waals surface area (Å²) >= 11 is 1.28. The lowest BCUT2D eigenvalue weighted by Crippen LogP contribution is -2.42. The molecule has 140 valence electrons. The fourth-order valence-corrected chi connectivity index (χ4v) is 3.33. The third-order valence-corrected chi connectivity index (χ3v) is 4.78. The third kappa shape index (κ3) is 5.17. The van der Waals surface area contributed by atoms with Gasteiger partial charge in [0.1, 0.15) is 5.60 Å². The summed E-state index contributed by atoms with van der Waals surface area (Å²) in [6.45, 7) is 7.67. The van der Waals surface area contributed by atoms with Crippen molar-refractivity contribution in [2.75, 3.05) is 19.7 Å². The summed E-state index contributed by atoms with van der Waals surface area (Å²) in [5, 5.41) is 0.596. The maximum atomic E-state index is 12.1. The molecule has 2 aromatic rings. The van der Waals surface area contributed by atoms with Crippen molar-refractivity contribution in [2.45, 2.75) is 39.2 Å². The summed E-state index contributed by atoms with van der Waals surface area (Å²) in [6, 6.07) is 9.87. The van der Waals surface area contributed by atoms with Gasteiger partial charge in [-0.05, 0) is 39.5 Å². The first kappa shape index (κ1) is 18.6. The Labute approximate surface area is 158 Å². The maximum Gasteiger partial charge on any atom is 0.410 e. The van der Waals surface area contributed by atoms with Crippen LogP contribution in [0.5, 0.6) is 5.19 Å². The van der Waals surface area contributed by atoms with Crippen LogP contribution in [0.2, 0.25) is 0 Å². The molecule has 1 fully saturated rings. The van der Waals surface area contributed by atoms with E-state index in [1.54, 1.807) is 4.90 Å². The molecule has 1 amide bonds. The Morgan fingerprint density at radius 2 is 1.92 bits per heavy atom. The highest BCUT2D eigenvalue weighted by molar-refractivity contribution is 7.07. The molecule has 1 saturated heterocycles. The molecule has 1 aromatic heterocycles. The molecule has 0 unspecified atom stereocenters. The number of carbonyl (C=O) groups excluding carboxylic acids is 1. The third-order valence-electron chi connectivity index (χ3n) is 4.15. The highest BCUT2D eigenvalue weighted by Crippen LogP contribution is 2.25. The molecule has 0 saturated carbocycles. The lowest BCUT2D eigenvalue weighted by atomic mass is 9.98. The van der Waals surface area contributed by atoms with E-state index >= 15 is 0 Å². The first-order chi connectivity index (χ1) is 12.4. The fraction of sp³-hybridized carbons (Fsp3) is 0.526. The van der Waals surface area contributed by atoms with Gasteiger partial charge in [0.05, 0.1) is 6.61 Å². The van der Waals surface area contributed by atoms with E-state index in [1.165, 1.54) is 11.5 Å². The van der Waals surface area contributed by atoms with Crippen molar-refractivity contribution in [1.29, 1.82) is 0 Å². The molecule has 7 heteroatoms. The van der Waals surface area contributed by atoms with Crippen LogP contribution in [-0.4, -0.2) is 45.6 Å². The summed E-state index contributed by atoms with van der Waals surface area (Å²) in [7, 11) is 0. The number of nitrogens with zero attached hydrogens (tertiary/aromatic N) is 3.